The monoisotopic (exact) mass is 298 g/mol. The molecule has 1 aliphatic carbocycles. The van der Waals surface area contributed by atoms with E-state index in [2.05, 4.69) is 27.3 Å². The summed E-state index contributed by atoms with van der Waals surface area (Å²) in [6.45, 7) is 0.924. The molecule has 0 bridgehead atoms. The SMILES string of the molecule is N#CC(NCC1CC1)c1ccc(Cl)cc1Br. The molecule has 0 aliphatic heterocycles. The van der Waals surface area contributed by atoms with Crippen LogP contribution in [0.25, 0.3) is 0 Å². The van der Waals surface area contributed by atoms with Crippen molar-refractivity contribution in [3.05, 3.63) is 33.3 Å². The van der Waals surface area contributed by atoms with E-state index in [1.807, 2.05) is 18.2 Å². The molecule has 2 nitrogen and oxygen atoms in total. The number of hydrogen-bond donors (Lipinski definition) is 1. The standard InChI is InChI=1S/C12H12BrClN2/c13-11-5-9(14)3-4-10(11)12(6-15)16-7-8-1-2-8/h3-5,8,12,16H,1-2,7H2. The molecule has 1 unspecified atom stereocenters. The minimum atomic E-state index is -0.257. The minimum Gasteiger partial charge on any atom is -0.298 e. The fraction of sp³-hybridized carbons (Fsp3) is 0.417. The predicted octanol–water partition coefficient (Wildman–Crippen LogP) is 3.67. The van der Waals surface area contributed by atoms with Crippen molar-refractivity contribution in [1.29, 1.82) is 5.26 Å². The first-order valence-electron chi connectivity index (χ1n) is 5.28. The summed E-state index contributed by atoms with van der Waals surface area (Å²) >= 11 is 9.30. The maximum Gasteiger partial charge on any atom is 0.122 e. The van der Waals surface area contributed by atoms with Crippen LogP contribution < -0.4 is 5.32 Å². The number of halogens is 2. The van der Waals surface area contributed by atoms with Crippen LogP contribution in [0.5, 0.6) is 0 Å². The number of hydrogen-bond acceptors (Lipinski definition) is 2. The molecule has 0 saturated heterocycles. The molecule has 2 rings (SSSR count). The van der Waals surface area contributed by atoms with Gasteiger partial charge in [0.2, 0.25) is 0 Å². The van der Waals surface area contributed by atoms with E-state index >= 15 is 0 Å². The molecule has 0 heterocycles. The summed E-state index contributed by atoms with van der Waals surface area (Å²) in [6.07, 6.45) is 2.57. The second-order valence-electron chi connectivity index (χ2n) is 4.08. The zero-order valence-corrected chi connectivity index (χ0v) is 11.1. The van der Waals surface area contributed by atoms with Gasteiger partial charge in [0.1, 0.15) is 6.04 Å². The second-order valence-corrected chi connectivity index (χ2v) is 5.37. The molecule has 0 aromatic heterocycles. The van der Waals surface area contributed by atoms with Crippen molar-refractivity contribution in [2.75, 3.05) is 6.54 Å². The van der Waals surface area contributed by atoms with E-state index in [0.29, 0.717) is 5.02 Å². The first-order chi connectivity index (χ1) is 7.70. The second kappa shape index (κ2) is 5.18. The summed E-state index contributed by atoms with van der Waals surface area (Å²) in [4.78, 5) is 0. The van der Waals surface area contributed by atoms with Crippen LogP contribution in [0.3, 0.4) is 0 Å². The molecule has 0 spiro atoms. The molecule has 1 atom stereocenters. The van der Waals surface area contributed by atoms with Crippen molar-refractivity contribution in [3.8, 4) is 6.07 Å². The zero-order chi connectivity index (χ0) is 11.5. The normalized spacial score (nSPS) is 16.8. The van der Waals surface area contributed by atoms with Crippen LogP contribution in [0.4, 0.5) is 0 Å². The van der Waals surface area contributed by atoms with E-state index in [1.165, 1.54) is 12.8 Å². The van der Waals surface area contributed by atoms with Crippen LogP contribution in [0.1, 0.15) is 24.4 Å². The molecule has 84 valence electrons. The lowest BCUT2D eigenvalue weighted by atomic mass is 10.1. The molecule has 1 N–H and O–H groups in total. The first-order valence-corrected chi connectivity index (χ1v) is 6.45. The Hall–Kier alpha value is -0.560. The van der Waals surface area contributed by atoms with Gasteiger partial charge in [0.15, 0.2) is 0 Å². The highest BCUT2D eigenvalue weighted by atomic mass is 79.9. The summed E-state index contributed by atoms with van der Waals surface area (Å²) < 4.78 is 0.884. The van der Waals surface area contributed by atoms with Crippen molar-refractivity contribution >= 4 is 27.5 Å². The number of nitriles is 1. The van der Waals surface area contributed by atoms with Gasteiger partial charge in [0.05, 0.1) is 6.07 Å². The van der Waals surface area contributed by atoms with Gasteiger partial charge in [-0.05, 0) is 43.0 Å². The van der Waals surface area contributed by atoms with Crippen LogP contribution in [0.15, 0.2) is 22.7 Å². The summed E-state index contributed by atoms with van der Waals surface area (Å²) in [6, 6.07) is 7.54. The van der Waals surface area contributed by atoms with Gasteiger partial charge in [-0.3, -0.25) is 5.32 Å². The average molecular weight is 300 g/mol. The van der Waals surface area contributed by atoms with E-state index in [9.17, 15) is 0 Å². The van der Waals surface area contributed by atoms with Gasteiger partial charge in [0.25, 0.3) is 0 Å². The van der Waals surface area contributed by atoms with E-state index in [1.54, 1.807) is 0 Å². The molecule has 16 heavy (non-hydrogen) atoms. The van der Waals surface area contributed by atoms with Gasteiger partial charge in [-0.2, -0.15) is 5.26 Å². The van der Waals surface area contributed by atoms with Gasteiger partial charge in [-0.25, -0.2) is 0 Å². The third kappa shape index (κ3) is 2.98. The quantitative estimate of drug-likeness (QED) is 0.921. The fourth-order valence-corrected chi connectivity index (χ4v) is 2.48. The molecule has 1 aliphatic rings. The van der Waals surface area contributed by atoms with Crippen molar-refractivity contribution in [1.82, 2.24) is 5.32 Å². The highest BCUT2D eigenvalue weighted by molar-refractivity contribution is 9.10. The summed E-state index contributed by atoms with van der Waals surface area (Å²) in [5.74, 6) is 0.766. The van der Waals surface area contributed by atoms with Crippen LogP contribution in [-0.2, 0) is 0 Å². The van der Waals surface area contributed by atoms with Crippen LogP contribution in [0, 0.1) is 17.2 Å². The lowest BCUT2D eigenvalue weighted by molar-refractivity contribution is 0.591. The molecule has 1 aromatic carbocycles. The molecule has 0 amide bonds. The van der Waals surface area contributed by atoms with Crippen molar-refractivity contribution in [3.63, 3.8) is 0 Å². The van der Waals surface area contributed by atoms with E-state index in [0.717, 1.165) is 22.5 Å². The van der Waals surface area contributed by atoms with Crippen molar-refractivity contribution < 1.29 is 0 Å². The highest BCUT2D eigenvalue weighted by Crippen LogP contribution is 2.30. The number of rotatable bonds is 4. The molecule has 1 saturated carbocycles. The zero-order valence-electron chi connectivity index (χ0n) is 8.71. The van der Waals surface area contributed by atoms with Gasteiger partial charge in [-0.1, -0.05) is 33.6 Å². The maximum atomic E-state index is 9.14. The topological polar surface area (TPSA) is 35.8 Å². The lowest BCUT2D eigenvalue weighted by Gasteiger charge is -2.13. The van der Waals surface area contributed by atoms with E-state index < -0.39 is 0 Å². The Morgan fingerprint density at radius 3 is 2.88 bits per heavy atom. The Labute approximate surface area is 109 Å². The summed E-state index contributed by atoms with van der Waals surface area (Å²) in [5.41, 5.74) is 0.951. The first kappa shape index (κ1) is 11.9. The smallest absolute Gasteiger partial charge is 0.122 e. The molecular formula is C12H12BrClN2. The fourth-order valence-electron chi connectivity index (χ4n) is 1.57. The lowest BCUT2D eigenvalue weighted by Crippen LogP contribution is -2.22. The van der Waals surface area contributed by atoms with Gasteiger partial charge in [-0.15, -0.1) is 0 Å². The van der Waals surface area contributed by atoms with Gasteiger partial charge >= 0.3 is 0 Å². The number of nitrogens with zero attached hydrogens (tertiary/aromatic N) is 1. The van der Waals surface area contributed by atoms with Gasteiger partial charge in [0, 0.05) is 9.50 Å². The highest BCUT2D eigenvalue weighted by Gasteiger charge is 2.23. The Kier molecular flexibility index (Phi) is 3.86. The summed E-state index contributed by atoms with van der Waals surface area (Å²) in [7, 11) is 0. The van der Waals surface area contributed by atoms with Crippen LogP contribution >= 0.6 is 27.5 Å². The number of benzene rings is 1. The molecular weight excluding hydrogens is 288 g/mol. The largest absolute Gasteiger partial charge is 0.298 e. The van der Waals surface area contributed by atoms with E-state index in [4.69, 9.17) is 16.9 Å². The van der Waals surface area contributed by atoms with Crippen LogP contribution in [0.2, 0.25) is 5.02 Å². The Morgan fingerprint density at radius 2 is 2.31 bits per heavy atom. The van der Waals surface area contributed by atoms with Crippen molar-refractivity contribution in [2.45, 2.75) is 18.9 Å². The third-order valence-corrected chi connectivity index (χ3v) is 3.63. The Balaban J connectivity index is 2.09. The molecule has 1 aromatic rings. The summed E-state index contributed by atoms with van der Waals surface area (Å²) in [5, 5.41) is 13.1. The molecule has 4 heteroatoms. The molecule has 1 fully saturated rings. The Morgan fingerprint density at radius 1 is 1.56 bits per heavy atom. The van der Waals surface area contributed by atoms with Gasteiger partial charge < -0.3 is 0 Å². The Bertz CT molecular complexity index is 424. The third-order valence-electron chi connectivity index (χ3n) is 2.71. The average Bonchev–Trinajstić information content (AvgIpc) is 3.05. The van der Waals surface area contributed by atoms with Crippen molar-refractivity contribution in [2.24, 2.45) is 5.92 Å². The minimum absolute atomic E-state index is 0.257. The predicted molar refractivity (Wildman–Crippen MR) is 68.2 cm³/mol. The molecule has 0 radical (unpaired) electrons. The van der Waals surface area contributed by atoms with E-state index in [-0.39, 0.29) is 6.04 Å². The number of nitrogens with one attached hydrogen (secondary N) is 1. The maximum absolute atomic E-state index is 9.14. The van der Waals surface area contributed by atoms with Crippen LogP contribution in [-0.4, -0.2) is 6.54 Å².